The van der Waals surface area contributed by atoms with Crippen molar-refractivity contribution >= 4 is 21.6 Å². The van der Waals surface area contributed by atoms with E-state index in [9.17, 15) is 0 Å². The highest BCUT2D eigenvalue weighted by molar-refractivity contribution is 9.10. The summed E-state index contributed by atoms with van der Waals surface area (Å²) in [5, 5.41) is 3.41. The molecule has 19 heavy (non-hydrogen) atoms. The fourth-order valence-corrected chi connectivity index (χ4v) is 2.16. The third-order valence-corrected chi connectivity index (χ3v) is 3.46. The van der Waals surface area contributed by atoms with E-state index < -0.39 is 0 Å². The second-order valence-electron chi connectivity index (χ2n) is 4.43. The van der Waals surface area contributed by atoms with Crippen LogP contribution in [0.5, 0.6) is 5.75 Å². The lowest BCUT2D eigenvalue weighted by Crippen LogP contribution is -2.07. The molecule has 0 aromatic heterocycles. The molecule has 0 radical (unpaired) electrons. The van der Waals surface area contributed by atoms with Crippen molar-refractivity contribution in [1.82, 2.24) is 0 Å². The highest BCUT2D eigenvalue weighted by Crippen LogP contribution is 2.23. The quantitative estimate of drug-likeness (QED) is 0.783. The number of aryl methyl sites for hydroxylation is 1. The molecule has 0 aliphatic carbocycles. The van der Waals surface area contributed by atoms with Gasteiger partial charge in [-0.15, -0.1) is 0 Å². The summed E-state index contributed by atoms with van der Waals surface area (Å²) in [6.45, 7) is 3.71. The maximum Gasteiger partial charge on any atom is 0.119 e. The molecule has 100 valence electrons. The van der Waals surface area contributed by atoms with Crippen molar-refractivity contribution in [2.75, 3.05) is 18.5 Å². The molecule has 0 saturated heterocycles. The molecule has 2 aromatic carbocycles. The standard InChI is InChI=1S/C16H18BrNO/c1-13-8-9-15(17)16(12-13)18-10-5-11-19-14-6-3-2-4-7-14/h2-4,6-9,12,18H,5,10-11H2,1H3. The highest BCUT2D eigenvalue weighted by atomic mass is 79.9. The minimum atomic E-state index is 0.723. The maximum atomic E-state index is 5.65. The molecule has 0 spiro atoms. The third kappa shape index (κ3) is 4.60. The lowest BCUT2D eigenvalue weighted by Gasteiger charge is -2.10. The van der Waals surface area contributed by atoms with Gasteiger partial charge in [-0.3, -0.25) is 0 Å². The Balaban J connectivity index is 1.71. The zero-order chi connectivity index (χ0) is 13.5. The summed E-state index contributed by atoms with van der Waals surface area (Å²) >= 11 is 3.54. The molecule has 2 aromatic rings. The lowest BCUT2D eigenvalue weighted by molar-refractivity contribution is 0.315. The van der Waals surface area contributed by atoms with Gasteiger partial charge in [0.05, 0.1) is 6.61 Å². The Kier molecular flexibility index (Phi) is 5.28. The van der Waals surface area contributed by atoms with Crippen molar-refractivity contribution in [3.63, 3.8) is 0 Å². The van der Waals surface area contributed by atoms with Crippen molar-refractivity contribution in [3.05, 3.63) is 58.6 Å². The number of anilines is 1. The molecule has 0 saturated carbocycles. The van der Waals surface area contributed by atoms with Crippen LogP contribution in [-0.4, -0.2) is 13.2 Å². The fraction of sp³-hybridized carbons (Fsp3) is 0.250. The first-order valence-corrected chi connectivity index (χ1v) is 7.23. The van der Waals surface area contributed by atoms with Crippen LogP contribution >= 0.6 is 15.9 Å². The number of nitrogens with one attached hydrogen (secondary N) is 1. The van der Waals surface area contributed by atoms with Gasteiger partial charge < -0.3 is 10.1 Å². The van der Waals surface area contributed by atoms with Crippen molar-refractivity contribution in [2.24, 2.45) is 0 Å². The van der Waals surface area contributed by atoms with Crippen LogP contribution in [-0.2, 0) is 0 Å². The number of benzene rings is 2. The van der Waals surface area contributed by atoms with Crippen LogP contribution in [0.3, 0.4) is 0 Å². The summed E-state index contributed by atoms with van der Waals surface area (Å²) in [5.74, 6) is 0.930. The van der Waals surface area contributed by atoms with Gasteiger partial charge in [-0.05, 0) is 59.1 Å². The van der Waals surface area contributed by atoms with Crippen LogP contribution in [0.4, 0.5) is 5.69 Å². The highest BCUT2D eigenvalue weighted by Gasteiger charge is 1.99. The summed E-state index contributed by atoms with van der Waals surface area (Å²) in [6.07, 6.45) is 0.968. The zero-order valence-electron chi connectivity index (χ0n) is 11.0. The van der Waals surface area contributed by atoms with Gasteiger partial charge in [-0.2, -0.15) is 0 Å². The Morgan fingerprint density at radius 1 is 1.11 bits per heavy atom. The predicted octanol–water partition coefficient (Wildman–Crippen LogP) is 4.64. The smallest absolute Gasteiger partial charge is 0.119 e. The fourth-order valence-electron chi connectivity index (χ4n) is 1.78. The van der Waals surface area contributed by atoms with Crippen LogP contribution in [0.2, 0.25) is 0 Å². The van der Waals surface area contributed by atoms with Crippen molar-refractivity contribution < 1.29 is 4.74 Å². The topological polar surface area (TPSA) is 21.3 Å². The first-order valence-electron chi connectivity index (χ1n) is 6.43. The number of hydrogen-bond donors (Lipinski definition) is 1. The summed E-state index contributed by atoms with van der Waals surface area (Å²) < 4.78 is 6.75. The molecule has 0 atom stereocenters. The molecule has 0 heterocycles. The maximum absolute atomic E-state index is 5.65. The van der Waals surface area contributed by atoms with Gasteiger partial charge >= 0.3 is 0 Å². The van der Waals surface area contributed by atoms with Crippen LogP contribution in [0.1, 0.15) is 12.0 Å². The molecule has 2 rings (SSSR count). The van der Waals surface area contributed by atoms with E-state index in [1.54, 1.807) is 0 Å². The largest absolute Gasteiger partial charge is 0.494 e. The Hall–Kier alpha value is -1.48. The van der Waals surface area contributed by atoms with E-state index in [4.69, 9.17) is 4.74 Å². The number of rotatable bonds is 6. The summed E-state index contributed by atoms with van der Waals surface area (Å²) in [4.78, 5) is 0. The van der Waals surface area contributed by atoms with E-state index in [0.717, 1.165) is 35.5 Å². The molecule has 0 amide bonds. The predicted molar refractivity (Wildman–Crippen MR) is 83.9 cm³/mol. The molecule has 0 aliphatic heterocycles. The van der Waals surface area contributed by atoms with Gasteiger partial charge in [0.2, 0.25) is 0 Å². The van der Waals surface area contributed by atoms with Crippen LogP contribution in [0, 0.1) is 6.92 Å². The Morgan fingerprint density at radius 3 is 2.68 bits per heavy atom. The monoisotopic (exact) mass is 319 g/mol. The zero-order valence-corrected chi connectivity index (χ0v) is 12.6. The molecule has 1 N–H and O–H groups in total. The van der Waals surface area contributed by atoms with Gasteiger partial charge in [0, 0.05) is 16.7 Å². The molecule has 0 aliphatic rings. The Morgan fingerprint density at radius 2 is 1.89 bits per heavy atom. The van der Waals surface area contributed by atoms with Gasteiger partial charge in [0.15, 0.2) is 0 Å². The minimum absolute atomic E-state index is 0.723. The van der Waals surface area contributed by atoms with Crippen LogP contribution < -0.4 is 10.1 Å². The van der Waals surface area contributed by atoms with Crippen molar-refractivity contribution in [3.8, 4) is 5.75 Å². The summed E-state index contributed by atoms with van der Waals surface area (Å²) in [6, 6.07) is 16.2. The third-order valence-electron chi connectivity index (χ3n) is 2.77. The van der Waals surface area contributed by atoms with Crippen molar-refractivity contribution in [1.29, 1.82) is 0 Å². The van der Waals surface area contributed by atoms with E-state index in [0.29, 0.717) is 0 Å². The van der Waals surface area contributed by atoms with E-state index in [1.165, 1.54) is 5.56 Å². The molecule has 2 nitrogen and oxygen atoms in total. The normalized spacial score (nSPS) is 10.2. The Labute approximate surface area is 122 Å². The van der Waals surface area contributed by atoms with E-state index >= 15 is 0 Å². The summed E-state index contributed by atoms with van der Waals surface area (Å²) in [5.41, 5.74) is 2.39. The molecule has 0 bridgehead atoms. The number of ether oxygens (including phenoxy) is 1. The first kappa shape index (κ1) is 13.9. The van der Waals surface area contributed by atoms with Crippen LogP contribution in [0.25, 0.3) is 0 Å². The van der Waals surface area contributed by atoms with Gasteiger partial charge in [0.25, 0.3) is 0 Å². The molecular weight excluding hydrogens is 302 g/mol. The average Bonchev–Trinajstić information content (AvgIpc) is 2.43. The SMILES string of the molecule is Cc1ccc(Br)c(NCCCOc2ccccc2)c1. The van der Waals surface area contributed by atoms with E-state index in [2.05, 4.69) is 46.4 Å². The van der Waals surface area contributed by atoms with Gasteiger partial charge in [0.1, 0.15) is 5.75 Å². The first-order chi connectivity index (χ1) is 9.25. The minimum Gasteiger partial charge on any atom is -0.494 e. The Bertz CT molecular complexity index is 513. The van der Waals surface area contributed by atoms with Gasteiger partial charge in [-0.1, -0.05) is 24.3 Å². The second-order valence-corrected chi connectivity index (χ2v) is 5.28. The van der Waals surface area contributed by atoms with Crippen molar-refractivity contribution in [2.45, 2.75) is 13.3 Å². The van der Waals surface area contributed by atoms with Gasteiger partial charge in [-0.25, -0.2) is 0 Å². The average molecular weight is 320 g/mol. The molecular formula is C16H18BrNO. The molecule has 3 heteroatoms. The van der Waals surface area contributed by atoms with E-state index in [-0.39, 0.29) is 0 Å². The number of para-hydroxylation sites is 1. The molecule has 0 fully saturated rings. The van der Waals surface area contributed by atoms with Crippen LogP contribution in [0.15, 0.2) is 53.0 Å². The second kappa shape index (κ2) is 7.19. The van der Waals surface area contributed by atoms with E-state index in [1.807, 2.05) is 30.3 Å². The number of halogens is 1. The lowest BCUT2D eigenvalue weighted by atomic mass is 10.2. The number of hydrogen-bond acceptors (Lipinski definition) is 2. The molecule has 0 unspecified atom stereocenters. The summed E-state index contributed by atoms with van der Waals surface area (Å²) in [7, 11) is 0.